The van der Waals surface area contributed by atoms with E-state index in [-0.39, 0.29) is 0 Å². The van der Waals surface area contributed by atoms with Crippen LogP contribution in [-0.4, -0.2) is 4.98 Å². The Morgan fingerprint density at radius 2 is 1.41 bits per heavy atom. The lowest BCUT2D eigenvalue weighted by Gasteiger charge is -2.57. The van der Waals surface area contributed by atoms with E-state index in [1.807, 2.05) is 0 Å². The van der Waals surface area contributed by atoms with Crippen LogP contribution in [0.2, 0.25) is 0 Å². The third-order valence-corrected chi connectivity index (χ3v) is 6.48. The lowest BCUT2D eigenvalue weighted by molar-refractivity contribution is -0.00532. The molecule has 4 aliphatic carbocycles. The number of rotatable bonds is 2. The molecule has 0 radical (unpaired) electrons. The van der Waals surface area contributed by atoms with E-state index in [0.717, 1.165) is 23.4 Å². The largest absolute Gasteiger partial charge is 0.256 e. The van der Waals surface area contributed by atoms with Crippen LogP contribution in [-0.2, 0) is 5.41 Å². The van der Waals surface area contributed by atoms with Crippen LogP contribution in [0.25, 0.3) is 11.3 Å². The molecule has 4 aliphatic rings. The average Bonchev–Trinajstić information content (AvgIpc) is 2.55. The van der Waals surface area contributed by atoms with E-state index in [1.165, 1.54) is 49.7 Å². The number of hydrogen-bond donors (Lipinski definition) is 0. The second-order valence-corrected chi connectivity index (χ2v) is 8.00. The number of nitrogens with zero attached hydrogens (tertiary/aromatic N) is 1. The normalized spacial score (nSPS) is 35.7. The number of benzene rings is 1. The molecular weight excluding hydrogens is 266 g/mol. The van der Waals surface area contributed by atoms with Gasteiger partial charge in [0.2, 0.25) is 0 Å². The molecule has 6 rings (SSSR count). The molecule has 1 heteroatoms. The van der Waals surface area contributed by atoms with Crippen molar-refractivity contribution in [3.63, 3.8) is 0 Å². The average molecular weight is 289 g/mol. The quantitative estimate of drug-likeness (QED) is 0.739. The van der Waals surface area contributed by atoms with Crippen molar-refractivity contribution in [2.24, 2.45) is 17.8 Å². The Balaban J connectivity index is 1.49. The van der Waals surface area contributed by atoms with Gasteiger partial charge in [0.1, 0.15) is 0 Å². The predicted octanol–water partition coefficient (Wildman–Crippen LogP) is 5.22. The molecule has 4 bridgehead atoms. The fourth-order valence-corrected chi connectivity index (χ4v) is 5.95. The van der Waals surface area contributed by atoms with Gasteiger partial charge in [0.15, 0.2) is 0 Å². The number of aromatic nitrogens is 1. The summed E-state index contributed by atoms with van der Waals surface area (Å²) in [7, 11) is 0. The number of hydrogen-bond acceptors (Lipinski definition) is 1. The maximum Gasteiger partial charge on any atom is 0.0702 e. The summed E-state index contributed by atoms with van der Waals surface area (Å²) < 4.78 is 0. The van der Waals surface area contributed by atoms with Crippen LogP contribution in [0, 0.1) is 17.8 Å². The minimum absolute atomic E-state index is 0.469. The van der Waals surface area contributed by atoms with E-state index >= 15 is 0 Å². The molecule has 1 aromatic carbocycles. The first-order valence-corrected chi connectivity index (χ1v) is 8.83. The van der Waals surface area contributed by atoms with Gasteiger partial charge in [-0.15, -0.1) is 0 Å². The summed E-state index contributed by atoms with van der Waals surface area (Å²) in [5.41, 5.74) is 4.32. The second kappa shape index (κ2) is 4.68. The Bertz CT molecular complexity index is 636. The topological polar surface area (TPSA) is 12.9 Å². The Labute approximate surface area is 132 Å². The first-order valence-electron chi connectivity index (χ1n) is 8.83. The van der Waals surface area contributed by atoms with Crippen molar-refractivity contribution in [1.29, 1.82) is 0 Å². The molecule has 1 aromatic heterocycles. The van der Waals surface area contributed by atoms with Gasteiger partial charge in [-0.25, -0.2) is 0 Å². The molecule has 22 heavy (non-hydrogen) atoms. The third kappa shape index (κ3) is 1.95. The molecule has 0 N–H and O–H groups in total. The van der Waals surface area contributed by atoms with Gasteiger partial charge in [-0.05, 0) is 73.3 Å². The van der Waals surface area contributed by atoms with Crippen LogP contribution in [0.4, 0.5) is 0 Å². The van der Waals surface area contributed by atoms with Crippen LogP contribution in [0.3, 0.4) is 0 Å². The molecule has 112 valence electrons. The van der Waals surface area contributed by atoms with Crippen molar-refractivity contribution in [3.05, 3.63) is 54.2 Å². The molecule has 0 atom stereocenters. The van der Waals surface area contributed by atoms with E-state index in [4.69, 9.17) is 4.98 Å². The number of pyridine rings is 1. The van der Waals surface area contributed by atoms with Crippen molar-refractivity contribution in [1.82, 2.24) is 4.98 Å². The summed E-state index contributed by atoms with van der Waals surface area (Å²) in [6.07, 6.45) is 11.0. The minimum atomic E-state index is 0.469. The smallest absolute Gasteiger partial charge is 0.0702 e. The van der Waals surface area contributed by atoms with Crippen LogP contribution in [0.1, 0.15) is 44.1 Å². The van der Waals surface area contributed by atoms with Crippen molar-refractivity contribution in [2.75, 3.05) is 0 Å². The zero-order valence-corrected chi connectivity index (χ0v) is 13.0. The minimum Gasteiger partial charge on any atom is -0.256 e. The highest BCUT2D eigenvalue weighted by Crippen LogP contribution is 2.60. The van der Waals surface area contributed by atoms with Crippen molar-refractivity contribution >= 4 is 0 Å². The summed E-state index contributed by atoms with van der Waals surface area (Å²) in [5.74, 6) is 3.00. The Morgan fingerprint density at radius 3 is 1.95 bits per heavy atom. The summed E-state index contributed by atoms with van der Waals surface area (Å²) >= 11 is 0. The van der Waals surface area contributed by atoms with Crippen molar-refractivity contribution < 1.29 is 0 Å². The van der Waals surface area contributed by atoms with Crippen molar-refractivity contribution in [2.45, 2.75) is 43.9 Å². The fourth-order valence-electron chi connectivity index (χ4n) is 5.95. The van der Waals surface area contributed by atoms with Crippen LogP contribution in [0.5, 0.6) is 0 Å². The molecule has 1 nitrogen and oxygen atoms in total. The summed E-state index contributed by atoms with van der Waals surface area (Å²) in [4.78, 5) is 4.81. The second-order valence-electron chi connectivity index (χ2n) is 8.00. The highest BCUT2D eigenvalue weighted by molar-refractivity contribution is 5.59. The maximum atomic E-state index is 4.81. The van der Waals surface area contributed by atoms with Gasteiger partial charge in [0.25, 0.3) is 0 Å². The lowest BCUT2D eigenvalue weighted by Crippen LogP contribution is -2.48. The van der Waals surface area contributed by atoms with Crippen molar-refractivity contribution in [3.8, 4) is 11.3 Å². The van der Waals surface area contributed by atoms with Gasteiger partial charge in [-0.1, -0.05) is 36.4 Å². The first kappa shape index (κ1) is 12.9. The SMILES string of the molecule is c1ccc(-c2ccc(C34CC5CC(CC(C5)C3)C4)cn2)cc1. The van der Waals surface area contributed by atoms with Gasteiger partial charge >= 0.3 is 0 Å². The Morgan fingerprint density at radius 1 is 0.773 bits per heavy atom. The summed E-state index contributed by atoms with van der Waals surface area (Å²) in [6, 6.07) is 15.1. The predicted molar refractivity (Wildman–Crippen MR) is 89.5 cm³/mol. The molecule has 4 fully saturated rings. The van der Waals surface area contributed by atoms with E-state index in [0.29, 0.717) is 5.41 Å². The van der Waals surface area contributed by atoms with E-state index < -0.39 is 0 Å². The Kier molecular flexibility index (Phi) is 2.74. The summed E-state index contributed by atoms with van der Waals surface area (Å²) in [6.45, 7) is 0. The van der Waals surface area contributed by atoms with E-state index in [2.05, 4.69) is 48.7 Å². The van der Waals surface area contributed by atoms with Crippen LogP contribution >= 0.6 is 0 Å². The fraction of sp³-hybridized carbons (Fsp3) is 0.476. The zero-order chi connectivity index (χ0) is 14.6. The van der Waals surface area contributed by atoms with E-state index in [1.54, 1.807) is 0 Å². The van der Waals surface area contributed by atoms with Gasteiger partial charge in [-0.2, -0.15) is 0 Å². The van der Waals surface area contributed by atoms with Gasteiger partial charge in [0.05, 0.1) is 5.69 Å². The highest BCUT2D eigenvalue weighted by atomic mass is 14.7. The molecule has 0 saturated heterocycles. The Hall–Kier alpha value is -1.63. The highest BCUT2D eigenvalue weighted by Gasteiger charge is 2.51. The molecule has 1 heterocycles. The molecule has 0 unspecified atom stereocenters. The molecule has 2 aromatic rings. The van der Waals surface area contributed by atoms with Crippen LogP contribution in [0.15, 0.2) is 48.7 Å². The molecular formula is C21H23N. The van der Waals surface area contributed by atoms with Gasteiger partial charge in [0, 0.05) is 11.8 Å². The van der Waals surface area contributed by atoms with E-state index in [9.17, 15) is 0 Å². The molecule has 4 saturated carbocycles. The third-order valence-electron chi connectivity index (χ3n) is 6.48. The summed E-state index contributed by atoms with van der Waals surface area (Å²) in [5, 5.41) is 0. The zero-order valence-electron chi connectivity index (χ0n) is 13.0. The first-order chi connectivity index (χ1) is 10.8. The lowest BCUT2D eigenvalue weighted by atomic mass is 9.48. The monoisotopic (exact) mass is 289 g/mol. The molecule has 0 spiro atoms. The van der Waals surface area contributed by atoms with Crippen LogP contribution < -0.4 is 0 Å². The maximum absolute atomic E-state index is 4.81. The molecule has 0 aliphatic heterocycles. The molecule has 0 amide bonds. The standard InChI is InChI=1S/C21H23N/c1-2-4-18(5-3-1)20-7-6-19(14-22-20)21-11-15-8-16(12-21)10-17(9-15)13-21/h1-7,14-17H,8-13H2. The van der Waals surface area contributed by atoms with Gasteiger partial charge < -0.3 is 0 Å². The van der Waals surface area contributed by atoms with Gasteiger partial charge in [-0.3, -0.25) is 4.98 Å².